The molecule has 1 N–H and O–H groups in total. The number of aliphatic carboxylic acids is 1. The second kappa shape index (κ2) is 5.69. The summed E-state index contributed by atoms with van der Waals surface area (Å²) in [6.45, 7) is 0.387. The molecule has 0 aliphatic rings. The fourth-order valence-electron chi connectivity index (χ4n) is 1.19. The maximum atomic E-state index is 11.8. The summed E-state index contributed by atoms with van der Waals surface area (Å²) in [6.07, 6.45) is 1.90. The van der Waals surface area contributed by atoms with Crippen LogP contribution in [-0.4, -0.2) is 35.5 Å². The highest BCUT2D eigenvalue weighted by Crippen LogP contribution is 2.18. The van der Waals surface area contributed by atoms with Gasteiger partial charge in [0.15, 0.2) is 0 Å². The third-order valence-electron chi connectivity index (χ3n) is 2.04. The average Bonchev–Trinajstić information content (AvgIpc) is 2.62. The van der Waals surface area contributed by atoms with Gasteiger partial charge in [-0.1, -0.05) is 0 Å². The highest BCUT2D eigenvalue weighted by Gasteiger charge is 2.17. The molecule has 0 atom stereocenters. The third-order valence-corrected chi connectivity index (χ3v) is 2.67. The van der Waals surface area contributed by atoms with Crippen LogP contribution in [0.1, 0.15) is 23.4 Å². The van der Waals surface area contributed by atoms with Crippen LogP contribution in [0.3, 0.4) is 0 Å². The van der Waals surface area contributed by atoms with E-state index in [1.807, 2.05) is 0 Å². The smallest absolute Gasteiger partial charge is 0.303 e. The van der Waals surface area contributed by atoms with E-state index in [1.54, 1.807) is 13.1 Å². The van der Waals surface area contributed by atoms with E-state index in [-0.39, 0.29) is 18.1 Å². The quantitative estimate of drug-likeness (QED) is 0.900. The monoisotopic (exact) mass is 289 g/mol. The number of carbonyl (C=O) groups is 2. The fraction of sp³-hybridized carbons (Fsp3) is 0.400. The van der Waals surface area contributed by atoms with Crippen LogP contribution < -0.4 is 0 Å². The Morgan fingerprint density at radius 3 is 2.75 bits per heavy atom. The summed E-state index contributed by atoms with van der Waals surface area (Å²) < 4.78 is 5.62. The third kappa shape index (κ3) is 3.37. The zero-order valence-corrected chi connectivity index (χ0v) is 10.4. The molecule has 0 aliphatic carbocycles. The van der Waals surface area contributed by atoms with Crippen molar-refractivity contribution in [1.82, 2.24) is 4.90 Å². The van der Waals surface area contributed by atoms with Gasteiger partial charge in [0.2, 0.25) is 5.76 Å². The van der Waals surface area contributed by atoms with Gasteiger partial charge in [0.05, 0.1) is 10.7 Å². The molecule has 0 unspecified atom stereocenters. The minimum absolute atomic E-state index is 0.0525. The fourth-order valence-corrected chi connectivity index (χ4v) is 1.56. The minimum Gasteiger partial charge on any atom is -0.481 e. The Bertz CT molecular complexity index is 388. The van der Waals surface area contributed by atoms with Gasteiger partial charge in [-0.3, -0.25) is 9.59 Å². The first-order valence-corrected chi connectivity index (χ1v) is 5.52. The number of hydrogen-bond donors (Lipinski definition) is 1. The van der Waals surface area contributed by atoms with Crippen molar-refractivity contribution in [3.63, 3.8) is 0 Å². The van der Waals surface area contributed by atoms with Gasteiger partial charge in [-0.25, -0.2) is 0 Å². The molecule has 1 rings (SSSR count). The molecule has 1 heterocycles. The highest BCUT2D eigenvalue weighted by molar-refractivity contribution is 9.10. The summed E-state index contributed by atoms with van der Waals surface area (Å²) >= 11 is 3.19. The van der Waals surface area contributed by atoms with Crippen molar-refractivity contribution in [2.24, 2.45) is 0 Å². The normalized spacial score (nSPS) is 10.1. The molecule has 0 aromatic carbocycles. The second-order valence-corrected chi connectivity index (χ2v) is 4.18. The maximum Gasteiger partial charge on any atom is 0.303 e. The summed E-state index contributed by atoms with van der Waals surface area (Å²) in [5.41, 5.74) is 0. The van der Waals surface area contributed by atoms with Crippen molar-refractivity contribution < 1.29 is 19.1 Å². The molecule has 6 heteroatoms. The Morgan fingerprint density at radius 1 is 1.56 bits per heavy atom. The van der Waals surface area contributed by atoms with Crippen molar-refractivity contribution >= 4 is 27.8 Å². The van der Waals surface area contributed by atoms with Crippen LogP contribution in [0.15, 0.2) is 21.2 Å². The summed E-state index contributed by atoms with van der Waals surface area (Å²) in [6, 6.07) is 1.64. The zero-order valence-electron chi connectivity index (χ0n) is 8.77. The summed E-state index contributed by atoms with van der Waals surface area (Å²) in [5.74, 6) is -0.889. The minimum atomic E-state index is -0.861. The first-order chi connectivity index (χ1) is 7.52. The number of rotatable bonds is 5. The van der Waals surface area contributed by atoms with Gasteiger partial charge in [0, 0.05) is 20.0 Å². The molecule has 0 bridgehead atoms. The van der Waals surface area contributed by atoms with Crippen molar-refractivity contribution in [3.8, 4) is 0 Å². The predicted molar refractivity (Wildman–Crippen MR) is 60.2 cm³/mol. The SMILES string of the molecule is CN(CCCC(=O)O)C(=O)c1occc1Br. The van der Waals surface area contributed by atoms with E-state index in [9.17, 15) is 9.59 Å². The van der Waals surface area contributed by atoms with E-state index in [4.69, 9.17) is 9.52 Å². The molecule has 1 amide bonds. The molecule has 5 nitrogen and oxygen atoms in total. The summed E-state index contributed by atoms with van der Waals surface area (Å²) in [4.78, 5) is 23.5. The lowest BCUT2D eigenvalue weighted by atomic mass is 10.3. The number of hydrogen-bond acceptors (Lipinski definition) is 3. The Labute approximate surface area is 101 Å². The van der Waals surface area contributed by atoms with E-state index in [0.717, 1.165) is 0 Å². The van der Waals surface area contributed by atoms with Crippen LogP contribution in [0.4, 0.5) is 0 Å². The van der Waals surface area contributed by atoms with Gasteiger partial charge >= 0.3 is 5.97 Å². The number of nitrogens with zero attached hydrogens (tertiary/aromatic N) is 1. The molecule has 0 saturated carbocycles. The van der Waals surface area contributed by atoms with Crippen LogP contribution in [0.25, 0.3) is 0 Å². The Balaban J connectivity index is 2.49. The number of furan rings is 1. The number of carboxylic acid groups (broad SMARTS) is 1. The Kier molecular flexibility index (Phi) is 4.54. The lowest BCUT2D eigenvalue weighted by Gasteiger charge is -2.15. The van der Waals surface area contributed by atoms with Gasteiger partial charge < -0.3 is 14.4 Å². The maximum absolute atomic E-state index is 11.8. The molecule has 88 valence electrons. The second-order valence-electron chi connectivity index (χ2n) is 3.32. The molecule has 0 saturated heterocycles. The van der Waals surface area contributed by atoms with E-state index in [0.29, 0.717) is 17.4 Å². The van der Waals surface area contributed by atoms with Gasteiger partial charge in [-0.2, -0.15) is 0 Å². The molecule has 1 aromatic rings. The van der Waals surface area contributed by atoms with Crippen LogP contribution in [0.5, 0.6) is 0 Å². The van der Waals surface area contributed by atoms with Gasteiger partial charge in [-0.15, -0.1) is 0 Å². The van der Waals surface area contributed by atoms with Crippen molar-refractivity contribution in [2.45, 2.75) is 12.8 Å². The molecule has 1 aromatic heterocycles. The van der Waals surface area contributed by atoms with Crippen molar-refractivity contribution in [1.29, 1.82) is 0 Å². The summed E-state index contributed by atoms with van der Waals surface area (Å²) in [5, 5.41) is 8.46. The summed E-state index contributed by atoms with van der Waals surface area (Å²) in [7, 11) is 1.61. The predicted octanol–water partition coefficient (Wildman–Crippen LogP) is 1.98. The first kappa shape index (κ1) is 12.8. The molecule has 0 aliphatic heterocycles. The number of carbonyl (C=O) groups excluding carboxylic acids is 1. The molecular formula is C10H12BrNO4. The van der Waals surface area contributed by atoms with E-state index in [1.165, 1.54) is 11.2 Å². The zero-order chi connectivity index (χ0) is 12.1. The van der Waals surface area contributed by atoms with Gasteiger partial charge in [0.25, 0.3) is 5.91 Å². The number of amides is 1. The largest absolute Gasteiger partial charge is 0.481 e. The van der Waals surface area contributed by atoms with Crippen LogP contribution in [-0.2, 0) is 4.79 Å². The molecule has 16 heavy (non-hydrogen) atoms. The van der Waals surface area contributed by atoms with E-state index >= 15 is 0 Å². The van der Waals surface area contributed by atoms with Crippen molar-refractivity contribution in [2.75, 3.05) is 13.6 Å². The average molecular weight is 290 g/mol. The van der Waals surface area contributed by atoms with Gasteiger partial charge in [0.1, 0.15) is 0 Å². The topological polar surface area (TPSA) is 70.8 Å². The van der Waals surface area contributed by atoms with Gasteiger partial charge in [-0.05, 0) is 28.4 Å². The molecule has 0 fully saturated rings. The standard InChI is InChI=1S/C10H12BrNO4/c1-12(5-2-3-8(13)14)10(15)9-7(11)4-6-16-9/h4,6H,2-3,5H2,1H3,(H,13,14). The van der Waals surface area contributed by atoms with E-state index in [2.05, 4.69) is 15.9 Å². The van der Waals surface area contributed by atoms with Crippen LogP contribution >= 0.6 is 15.9 Å². The van der Waals surface area contributed by atoms with Crippen molar-refractivity contribution in [3.05, 3.63) is 22.6 Å². The lowest BCUT2D eigenvalue weighted by molar-refractivity contribution is -0.137. The Hall–Kier alpha value is -1.30. The first-order valence-electron chi connectivity index (χ1n) is 4.72. The molecular weight excluding hydrogens is 278 g/mol. The van der Waals surface area contributed by atoms with Crippen LogP contribution in [0.2, 0.25) is 0 Å². The highest BCUT2D eigenvalue weighted by atomic mass is 79.9. The Morgan fingerprint density at radius 2 is 2.25 bits per heavy atom. The van der Waals surface area contributed by atoms with E-state index < -0.39 is 5.97 Å². The number of halogens is 1. The van der Waals surface area contributed by atoms with Crippen LogP contribution in [0, 0.1) is 0 Å². The molecule has 0 radical (unpaired) electrons. The lowest BCUT2D eigenvalue weighted by Crippen LogP contribution is -2.28. The number of carboxylic acids is 1. The molecule has 0 spiro atoms.